The molecule has 2 amide bonds. The van der Waals surface area contributed by atoms with E-state index in [1.807, 2.05) is 43.3 Å². The van der Waals surface area contributed by atoms with E-state index in [0.717, 1.165) is 23.4 Å². The molecule has 0 saturated heterocycles. The highest BCUT2D eigenvalue weighted by Gasteiger charge is 2.09. The second-order valence-corrected chi connectivity index (χ2v) is 7.38. The average molecular weight is 411 g/mol. The molecule has 0 aliphatic carbocycles. The van der Waals surface area contributed by atoms with Crippen LogP contribution < -0.4 is 10.6 Å². The molecule has 0 atom stereocenters. The molecule has 0 radical (unpaired) electrons. The lowest BCUT2D eigenvalue weighted by Crippen LogP contribution is -2.18. The zero-order valence-corrected chi connectivity index (χ0v) is 17.1. The number of amides is 2. The fourth-order valence-corrected chi connectivity index (χ4v) is 3.33. The maximum absolute atomic E-state index is 12.1. The standard InChI is InChI=1S/C20H22N6O2S/c1-3-15-4-6-16(7-5-15)22-19(27)11-29-12-20(28)23-17-8-9-18(14(2)10-17)26-13-21-24-25-26/h4-10,13H,3,11-12H2,1-2H3,(H,22,27)(H,23,28). The molecule has 0 aliphatic heterocycles. The normalized spacial score (nSPS) is 10.6. The lowest BCUT2D eigenvalue weighted by Gasteiger charge is -2.09. The SMILES string of the molecule is CCc1ccc(NC(=O)CSCC(=O)Nc2ccc(-n3cnnn3)c(C)c2)cc1. The van der Waals surface area contributed by atoms with Gasteiger partial charge in [-0.2, -0.15) is 0 Å². The number of rotatable bonds is 8. The Bertz CT molecular complexity index is 973. The van der Waals surface area contributed by atoms with Gasteiger partial charge in [-0.05, 0) is 65.2 Å². The van der Waals surface area contributed by atoms with Crippen molar-refractivity contribution >= 4 is 35.0 Å². The average Bonchev–Trinajstić information content (AvgIpc) is 3.23. The minimum Gasteiger partial charge on any atom is -0.325 e. The first-order valence-electron chi connectivity index (χ1n) is 9.15. The third kappa shape index (κ3) is 5.89. The van der Waals surface area contributed by atoms with Gasteiger partial charge in [-0.3, -0.25) is 9.59 Å². The lowest BCUT2D eigenvalue weighted by atomic mass is 10.1. The van der Waals surface area contributed by atoms with Crippen molar-refractivity contribution < 1.29 is 9.59 Å². The summed E-state index contributed by atoms with van der Waals surface area (Å²) in [5.41, 5.74) is 4.43. The number of aryl methyl sites for hydroxylation is 2. The van der Waals surface area contributed by atoms with Gasteiger partial charge in [-0.1, -0.05) is 19.1 Å². The van der Waals surface area contributed by atoms with E-state index in [4.69, 9.17) is 0 Å². The number of carbonyl (C=O) groups is 2. The van der Waals surface area contributed by atoms with Gasteiger partial charge in [-0.15, -0.1) is 16.9 Å². The Kier molecular flexibility index (Phi) is 6.96. The maximum atomic E-state index is 12.1. The van der Waals surface area contributed by atoms with Crippen LogP contribution in [0.5, 0.6) is 0 Å². The van der Waals surface area contributed by atoms with Crippen LogP contribution in [-0.4, -0.2) is 43.5 Å². The lowest BCUT2D eigenvalue weighted by molar-refractivity contribution is -0.114. The summed E-state index contributed by atoms with van der Waals surface area (Å²) in [7, 11) is 0. The van der Waals surface area contributed by atoms with Gasteiger partial charge in [0.05, 0.1) is 17.2 Å². The van der Waals surface area contributed by atoms with E-state index in [-0.39, 0.29) is 23.3 Å². The van der Waals surface area contributed by atoms with Crippen molar-refractivity contribution in [2.75, 3.05) is 22.1 Å². The number of carbonyl (C=O) groups excluding carboxylic acids is 2. The summed E-state index contributed by atoms with van der Waals surface area (Å²) >= 11 is 1.27. The van der Waals surface area contributed by atoms with Gasteiger partial charge in [0.25, 0.3) is 0 Å². The second-order valence-electron chi connectivity index (χ2n) is 6.40. The molecule has 0 saturated carbocycles. The largest absolute Gasteiger partial charge is 0.325 e. The highest BCUT2D eigenvalue weighted by molar-refractivity contribution is 8.00. The summed E-state index contributed by atoms with van der Waals surface area (Å²) in [6, 6.07) is 13.2. The predicted octanol–water partition coefficient (Wildman–Crippen LogP) is 2.84. The van der Waals surface area contributed by atoms with Crippen molar-refractivity contribution in [3.05, 3.63) is 59.9 Å². The molecule has 3 rings (SSSR count). The number of hydrogen-bond acceptors (Lipinski definition) is 6. The summed E-state index contributed by atoms with van der Waals surface area (Å²) < 4.78 is 1.56. The van der Waals surface area contributed by atoms with E-state index in [1.165, 1.54) is 23.7 Å². The molecule has 8 nitrogen and oxygen atoms in total. The fourth-order valence-electron chi connectivity index (χ4n) is 2.72. The van der Waals surface area contributed by atoms with Crippen LogP contribution in [0.15, 0.2) is 48.8 Å². The highest BCUT2D eigenvalue weighted by atomic mass is 32.2. The van der Waals surface area contributed by atoms with Crippen LogP contribution in [0.4, 0.5) is 11.4 Å². The number of benzene rings is 2. The van der Waals surface area contributed by atoms with Crippen molar-refractivity contribution in [3.63, 3.8) is 0 Å². The van der Waals surface area contributed by atoms with Gasteiger partial charge in [0.1, 0.15) is 6.33 Å². The van der Waals surface area contributed by atoms with E-state index < -0.39 is 0 Å². The monoisotopic (exact) mass is 410 g/mol. The van der Waals surface area contributed by atoms with Crippen molar-refractivity contribution in [3.8, 4) is 5.69 Å². The van der Waals surface area contributed by atoms with E-state index in [2.05, 4.69) is 33.1 Å². The van der Waals surface area contributed by atoms with Crippen LogP contribution in [0, 0.1) is 6.92 Å². The van der Waals surface area contributed by atoms with Gasteiger partial charge < -0.3 is 10.6 Å². The minimum absolute atomic E-state index is 0.131. The molecular formula is C20H22N6O2S. The van der Waals surface area contributed by atoms with Crippen molar-refractivity contribution in [2.24, 2.45) is 0 Å². The van der Waals surface area contributed by atoms with E-state index in [0.29, 0.717) is 5.69 Å². The summed E-state index contributed by atoms with van der Waals surface area (Å²) in [5.74, 6) is 0.106. The van der Waals surface area contributed by atoms with Crippen molar-refractivity contribution in [1.29, 1.82) is 0 Å². The molecule has 150 valence electrons. The number of hydrogen-bond donors (Lipinski definition) is 2. The summed E-state index contributed by atoms with van der Waals surface area (Å²) in [4.78, 5) is 24.2. The van der Waals surface area contributed by atoms with Crippen LogP contribution >= 0.6 is 11.8 Å². The van der Waals surface area contributed by atoms with Crippen LogP contribution in [0.3, 0.4) is 0 Å². The Balaban J connectivity index is 1.43. The molecule has 0 spiro atoms. The molecule has 0 aliphatic rings. The smallest absolute Gasteiger partial charge is 0.234 e. The molecule has 0 fully saturated rings. The van der Waals surface area contributed by atoms with Gasteiger partial charge in [0.15, 0.2) is 0 Å². The number of anilines is 2. The molecule has 3 aromatic rings. The van der Waals surface area contributed by atoms with Gasteiger partial charge in [-0.25, -0.2) is 4.68 Å². The number of nitrogens with zero attached hydrogens (tertiary/aromatic N) is 4. The fraction of sp³-hybridized carbons (Fsp3) is 0.250. The number of aromatic nitrogens is 4. The van der Waals surface area contributed by atoms with Gasteiger partial charge >= 0.3 is 0 Å². The third-order valence-electron chi connectivity index (χ3n) is 4.19. The highest BCUT2D eigenvalue weighted by Crippen LogP contribution is 2.18. The zero-order valence-electron chi connectivity index (χ0n) is 16.3. The molecule has 1 heterocycles. The predicted molar refractivity (Wildman–Crippen MR) is 114 cm³/mol. The van der Waals surface area contributed by atoms with E-state index >= 15 is 0 Å². The minimum atomic E-state index is -0.162. The molecule has 2 N–H and O–H groups in total. The van der Waals surface area contributed by atoms with E-state index in [1.54, 1.807) is 10.7 Å². The third-order valence-corrected chi connectivity index (χ3v) is 5.12. The molecule has 29 heavy (non-hydrogen) atoms. The number of nitrogens with one attached hydrogen (secondary N) is 2. The molecular weight excluding hydrogens is 388 g/mol. The Morgan fingerprint density at radius 3 is 2.24 bits per heavy atom. The van der Waals surface area contributed by atoms with E-state index in [9.17, 15) is 9.59 Å². The molecule has 0 unspecified atom stereocenters. The van der Waals surface area contributed by atoms with Crippen LogP contribution in [-0.2, 0) is 16.0 Å². The Hall–Kier alpha value is -3.20. The quantitative estimate of drug-likeness (QED) is 0.592. The summed E-state index contributed by atoms with van der Waals surface area (Å²) in [6.45, 7) is 4.00. The Morgan fingerprint density at radius 2 is 1.66 bits per heavy atom. The number of thioether (sulfide) groups is 1. The second kappa shape index (κ2) is 9.83. The summed E-state index contributed by atoms with van der Waals surface area (Å²) in [5, 5.41) is 16.8. The van der Waals surface area contributed by atoms with Crippen molar-refractivity contribution in [2.45, 2.75) is 20.3 Å². The summed E-state index contributed by atoms with van der Waals surface area (Å²) in [6.07, 6.45) is 2.47. The number of tetrazole rings is 1. The van der Waals surface area contributed by atoms with Crippen molar-refractivity contribution in [1.82, 2.24) is 20.2 Å². The topological polar surface area (TPSA) is 102 Å². The first-order valence-corrected chi connectivity index (χ1v) is 10.3. The Morgan fingerprint density at radius 1 is 1.00 bits per heavy atom. The molecule has 1 aromatic heterocycles. The van der Waals surface area contributed by atoms with Gasteiger partial charge in [0.2, 0.25) is 11.8 Å². The first-order chi connectivity index (χ1) is 14.0. The van der Waals surface area contributed by atoms with Gasteiger partial charge in [0, 0.05) is 11.4 Å². The molecule has 9 heteroatoms. The first kappa shape index (κ1) is 20.5. The zero-order chi connectivity index (χ0) is 20.6. The molecule has 2 aromatic carbocycles. The van der Waals surface area contributed by atoms with Crippen LogP contribution in [0.2, 0.25) is 0 Å². The molecule has 0 bridgehead atoms. The maximum Gasteiger partial charge on any atom is 0.234 e. The van der Waals surface area contributed by atoms with Crippen LogP contribution in [0.25, 0.3) is 5.69 Å². The Labute approximate surface area is 173 Å². The van der Waals surface area contributed by atoms with Crippen LogP contribution in [0.1, 0.15) is 18.1 Å².